The Bertz CT molecular complexity index is 465. The van der Waals surface area contributed by atoms with Gasteiger partial charge in [-0.25, -0.2) is 4.39 Å². The molecule has 1 fully saturated rings. The van der Waals surface area contributed by atoms with Crippen LogP contribution in [0.1, 0.15) is 38.7 Å². The molecule has 0 unspecified atom stereocenters. The molecule has 1 aliphatic heterocycles. The molecule has 1 heterocycles. The fraction of sp³-hybridized carbons (Fsp3) is 0.600. The minimum absolute atomic E-state index is 0.218. The summed E-state index contributed by atoms with van der Waals surface area (Å²) in [5.74, 6) is -0.416. The van der Waals surface area contributed by atoms with E-state index in [1.807, 2.05) is 0 Å². The molecule has 0 atom stereocenters. The smallest absolute Gasteiger partial charge is 0.423 e. The summed E-state index contributed by atoms with van der Waals surface area (Å²) >= 11 is 0. The van der Waals surface area contributed by atoms with Gasteiger partial charge in [0.15, 0.2) is 0 Å². The molecule has 2 N–H and O–H groups in total. The number of nitrogens with zero attached hydrogens (tertiary/aromatic N) is 1. The van der Waals surface area contributed by atoms with Crippen LogP contribution in [0.3, 0.4) is 0 Å². The van der Waals surface area contributed by atoms with Gasteiger partial charge in [0.05, 0.1) is 0 Å². The maximum atomic E-state index is 13.5. The largest absolute Gasteiger partial charge is 0.488 e. The van der Waals surface area contributed by atoms with E-state index < -0.39 is 12.9 Å². The third-order valence-electron chi connectivity index (χ3n) is 4.12. The van der Waals surface area contributed by atoms with Crippen LogP contribution in [0.2, 0.25) is 0 Å². The van der Waals surface area contributed by atoms with Crippen molar-refractivity contribution in [3.63, 3.8) is 0 Å². The Morgan fingerprint density at radius 3 is 2.65 bits per heavy atom. The van der Waals surface area contributed by atoms with Crippen molar-refractivity contribution >= 4 is 12.6 Å². The summed E-state index contributed by atoms with van der Waals surface area (Å²) in [4.78, 5) is 2.32. The zero-order valence-electron chi connectivity index (χ0n) is 12.3. The third-order valence-corrected chi connectivity index (χ3v) is 4.12. The van der Waals surface area contributed by atoms with E-state index in [9.17, 15) is 4.39 Å². The molecule has 0 saturated carbocycles. The van der Waals surface area contributed by atoms with Gasteiger partial charge in [-0.05, 0) is 60.9 Å². The van der Waals surface area contributed by atoms with Gasteiger partial charge in [-0.3, -0.25) is 4.90 Å². The predicted molar refractivity (Wildman–Crippen MR) is 79.1 cm³/mol. The Balaban J connectivity index is 2.06. The van der Waals surface area contributed by atoms with Crippen molar-refractivity contribution in [2.45, 2.75) is 39.7 Å². The van der Waals surface area contributed by atoms with Gasteiger partial charge in [-0.15, -0.1) is 0 Å². The highest BCUT2D eigenvalue weighted by molar-refractivity contribution is 6.58. The Labute approximate surface area is 120 Å². The lowest BCUT2D eigenvalue weighted by Crippen LogP contribution is -2.31. The fourth-order valence-corrected chi connectivity index (χ4v) is 2.81. The Morgan fingerprint density at radius 1 is 1.20 bits per heavy atom. The van der Waals surface area contributed by atoms with Gasteiger partial charge in [0.2, 0.25) is 0 Å². The van der Waals surface area contributed by atoms with E-state index in [-0.39, 0.29) is 5.46 Å². The first kappa shape index (κ1) is 15.5. The van der Waals surface area contributed by atoms with Gasteiger partial charge in [-0.2, -0.15) is 0 Å². The standard InChI is InChI=1S/C15H23BFNO2/c1-15(2)4-3-6-18(7-5-15)11-12-8-13(16(19)20)10-14(17)9-12/h8-10,19-20H,3-7,11H2,1-2H3. The first-order valence-electron chi connectivity index (χ1n) is 7.24. The maximum absolute atomic E-state index is 13.5. The van der Waals surface area contributed by atoms with E-state index in [4.69, 9.17) is 10.0 Å². The van der Waals surface area contributed by atoms with Crippen molar-refractivity contribution in [3.8, 4) is 0 Å². The average Bonchev–Trinajstić information content (AvgIpc) is 2.50. The van der Waals surface area contributed by atoms with Crippen LogP contribution < -0.4 is 5.46 Å². The van der Waals surface area contributed by atoms with Crippen LogP contribution in [-0.4, -0.2) is 35.2 Å². The molecule has 3 nitrogen and oxygen atoms in total. The van der Waals surface area contributed by atoms with Crippen molar-refractivity contribution < 1.29 is 14.4 Å². The van der Waals surface area contributed by atoms with Gasteiger partial charge in [0, 0.05) is 6.54 Å². The molecule has 1 aromatic carbocycles. The van der Waals surface area contributed by atoms with Crippen LogP contribution in [0.5, 0.6) is 0 Å². The predicted octanol–water partition coefficient (Wildman–Crippen LogP) is 1.52. The first-order chi connectivity index (χ1) is 9.35. The number of benzene rings is 1. The molecule has 0 aromatic heterocycles. The van der Waals surface area contributed by atoms with E-state index in [0.717, 1.165) is 31.5 Å². The molecule has 0 amide bonds. The van der Waals surface area contributed by atoms with Crippen LogP contribution in [0.15, 0.2) is 18.2 Å². The molecule has 2 rings (SSSR count). The van der Waals surface area contributed by atoms with Gasteiger partial charge in [-0.1, -0.05) is 19.9 Å². The number of rotatable bonds is 3. The average molecular weight is 279 g/mol. The van der Waals surface area contributed by atoms with E-state index in [2.05, 4.69) is 18.7 Å². The molecule has 0 aliphatic carbocycles. The van der Waals surface area contributed by atoms with Gasteiger partial charge in [0.1, 0.15) is 5.82 Å². The van der Waals surface area contributed by atoms with Gasteiger partial charge < -0.3 is 10.0 Å². The van der Waals surface area contributed by atoms with Crippen molar-refractivity contribution in [3.05, 3.63) is 29.6 Å². The normalized spacial score (nSPS) is 19.6. The summed E-state index contributed by atoms with van der Waals surface area (Å²) in [6.07, 6.45) is 3.50. The quantitative estimate of drug-likeness (QED) is 0.824. The maximum Gasteiger partial charge on any atom is 0.488 e. The molecule has 0 spiro atoms. The molecule has 20 heavy (non-hydrogen) atoms. The molecule has 1 aliphatic rings. The molecule has 1 saturated heterocycles. The molecular weight excluding hydrogens is 256 g/mol. The number of halogens is 1. The van der Waals surface area contributed by atoms with E-state index in [0.29, 0.717) is 12.0 Å². The van der Waals surface area contributed by atoms with Crippen molar-refractivity contribution in [2.24, 2.45) is 5.41 Å². The highest BCUT2D eigenvalue weighted by Crippen LogP contribution is 2.30. The lowest BCUT2D eigenvalue weighted by atomic mass is 9.79. The summed E-state index contributed by atoms with van der Waals surface area (Å²) < 4.78 is 13.5. The number of likely N-dealkylation sites (tertiary alicyclic amines) is 1. The Hall–Kier alpha value is -0.905. The molecule has 1 aromatic rings. The lowest BCUT2D eigenvalue weighted by molar-refractivity contribution is 0.255. The van der Waals surface area contributed by atoms with E-state index >= 15 is 0 Å². The van der Waals surface area contributed by atoms with Crippen molar-refractivity contribution in [1.82, 2.24) is 4.90 Å². The van der Waals surface area contributed by atoms with Crippen molar-refractivity contribution in [1.29, 1.82) is 0 Å². The zero-order valence-corrected chi connectivity index (χ0v) is 12.3. The van der Waals surface area contributed by atoms with Gasteiger partial charge in [0.25, 0.3) is 0 Å². The Kier molecular flexibility index (Phi) is 4.84. The summed E-state index contributed by atoms with van der Waals surface area (Å²) in [7, 11) is -1.62. The second-order valence-corrected chi connectivity index (χ2v) is 6.56. The van der Waals surface area contributed by atoms with Crippen LogP contribution in [-0.2, 0) is 6.54 Å². The zero-order chi connectivity index (χ0) is 14.8. The molecule has 110 valence electrons. The topological polar surface area (TPSA) is 43.7 Å². The minimum atomic E-state index is -1.62. The second kappa shape index (κ2) is 6.25. The highest BCUT2D eigenvalue weighted by Gasteiger charge is 2.23. The highest BCUT2D eigenvalue weighted by atomic mass is 19.1. The summed E-state index contributed by atoms with van der Waals surface area (Å²) in [5, 5.41) is 18.3. The Morgan fingerprint density at radius 2 is 1.95 bits per heavy atom. The van der Waals surface area contributed by atoms with Crippen molar-refractivity contribution in [2.75, 3.05) is 13.1 Å². The van der Waals surface area contributed by atoms with Gasteiger partial charge >= 0.3 is 7.12 Å². The SMILES string of the molecule is CC1(C)CCCN(Cc2cc(F)cc(B(O)O)c2)CC1. The molecular formula is C15H23BFNO2. The lowest BCUT2D eigenvalue weighted by Gasteiger charge is -2.23. The molecule has 0 radical (unpaired) electrons. The van der Waals surface area contributed by atoms with E-state index in [1.54, 1.807) is 6.07 Å². The van der Waals surface area contributed by atoms with Crippen LogP contribution in [0.4, 0.5) is 4.39 Å². The fourth-order valence-electron chi connectivity index (χ4n) is 2.81. The number of hydrogen-bond acceptors (Lipinski definition) is 3. The second-order valence-electron chi connectivity index (χ2n) is 6.56. The molecule has 0 bridgehead atoms. The monoisotopic (exact) mass is 279 g/mol. The summed E-state index contributed by atoms with van der Waals surface area (Å²) in [6.45, 7) is 7.25. The summed E-state index contributed by atoms with van der Waals surface area (Å²) in [5.41, 5.74) is 1.39. The third kappa shape index (κ3) is 4.30. The minimum Gasteiger partial charge on any atom is -0.423 e. The number of hydrogen-bond donors (Lipinski definition) is 2. The van der Waals surface area contributed by atoms with Crippen LogP contribution >= 0.6 is 0 Å². The summed E-state index contributed by atoms with van der Waals surface area (Å²) in [6, 6.07) is 4.31. The van der Waals surface area contributed by atoms with Crippen LogP contribution in [0, 0.1) is 11.2 Å². The first-order valence-corrected chi connectivity index (χ1v) is 7.24. The molecule has 5 heteroatoms. The van der Waals surface area contributed by atoms with E-state index in [1.165, 1.54) is 18.6 Å². The van der Waals surface area contributed by atoms with Crippen LogP contribution in [0.25, 0.3) is 0 Å².